The maximum absolute atomic E-state index is 11.7. The summed E-state index contributed by atoms with van der Waals surface area (Å²) in [6.45, 7) is 0.864. The molecule has 1 unspecified atom stereocenters. The first-order valence-corrected chi connectivity index (χ1v) is 6.38. The predicted molar refractivity (Wildman–Crippen MR) is 64.5 cm³/mol. The van der Waals surface area contributed by atoms with E-state index in [-0.39, 0.29) is 24.3 Å². The van der Waals surface area contributed by atoms with Crippen molar-refractivity contribution in [3.8, 4) is 0 Å². The number of imide groups is 1. The largest absolute Gasteiger partial charge is 0.355 e. The van der Waals surface area contributed by atoms with Crippen LogP contribution in [0.4, 0.5) is 0 Å². The van der Waals surface area contributed by atoms with Crippen LogP contribution in [0.25, 0.3) is 0 Å². The minimum absolute atomic E-state index is 0.0887. The molecule has 0 spiro atoms. The van der Waals surface area contributed by atoms with Gasteiger partial charge in [-0.3, -0.25) is 24.6 Å². The van der Waals surface area contributed by atoms with Crippen molar-refractivity contribution in [2.24, 2.45) is 5.92 Å². The van der Waals surface area contributed by atoms with Crippen molar-refractivity contribution >= 4 is 17.7 Å². The number of likely N-dealkylation sites (N-methyl/N-ethyl adjacent to an activating group) is 1. The summed E-state index contributed by atoms with van der Waals surface area (Å²) in [7, 11) is 1.48. The van der Waals surface area contributed by atoms with Gasteiger partial charge in [-0.25, -0.2) is 0 Å². The van der Waals surface area contributed by atoms with E-state index in [1.54, 1.807) is 0 Å². The summed E-state index contributed by atoms with van der Waals surface area (Å²) in [6.07, 6.45) is 3.21. The van der Waals surface area contributed by atoms with E-state index in [1.165, 1.54) is 19.9 Å². The third-order valence-corrected chi connectivity index (χ3v) is 3.44. The predicted octanol–water partition coefficient (Wildman–Crippen LogP) is -0.750. The normalized spacial score (nSPS) is 24.3. The second kappa shape index (κ2) is 5.48. The van der Waals surface area contributed by atoms with Crippen LogP contribution in [0.3, 0.4) is 0 Å². The Balaban J connectivity index is 1.70. The summed E-state index contributed by atoms with van der Waals surface area (Å²) >= 11 is 0. The van der Waals surface area contributed by atoms with Gasteiger partial charge >= 0.3 is 0 Å². The van der Waals surface area contributed by atoms with E-state index in [0.29, 0.717) is 18.8 Å². The van der Waals surface area contributed by atoms with Gasteiger partial charge in [0.2, 0.25) is 17.7 Å². The van der Waals surface area contributed by atoms with Gasteiger partial charge < -0.3 is 5.32 Å². The van der Waals surface area contributed by atoms with Crippen molar-refractivity contribution in [1.82, 2.24) is 15.5 Å². The lowest BCUT2D eigenvalue weighted by atomic mass is 10.0. The molecule has 1 saturated carbocycles. The zero-order valence-corrected chi connectivity index (χ0v) is 10.6. The topological polar surface area (TPSA) is 78.5 Å². The molecule has 6 heteroatoms. The van der Waals surface area contributed by atoms with Crippen LogP contribution >= 0.6 is 0 Å². The molecule has 1 aliphatic heterocycles. The van der Waals surface area contributed by atoms with Crippen molar-refractivity contribution in [3.05, 3.63) is 0 Å². The van der Waals surface area contributed by atoms with Gasteiger partial charge in [0, 0.05) is 20.0 Å². The second-order valence-corrected chi connectivity index (χ2v) is 5.01. The highest BCUT2D eigenvalue weighted by Crippen LogP contribution is 2.27. The minimum atomic E-state index is -0.417. The van der Waals surface area contributed by atoms with E-state index in [4.69, 9.17) is 0 Å². The average molecular weight is 253 g/mol. The zero-order valence-electron chi connectivity index (χ0n) is 10.6. The standard InChI is InChI=1S/C12H19N3O3/c1-15-11(17)5-4-9(12(15)18)13-7-10(16)14-6-8-2-3-8/h8-9,13H,2-7H2,1H3,(H,14,16). The third-order valence-electron chi connectivity index (χ3n) is 3.44. The number of hydrogen-bond acceptors (Lipinski definition) is 4. The molecule has 0 bridgehead atoms. The van der Waals surface area contributed by atoms with E-state index < -0.39 is 6.04 Å². The molecule has 1 saturated heterocycles. The SMILES string of the molecule is CN1C(=O)CCC(NCC(=O)NCC2CC2)C1=O. The molecule has 2 aliphatic rings. The first kappa shape index (κ1) is 13.0. The summed E-state index contributed by atoms with van der Waals surface area (Å²) in [5, 5.41) is 5.74. The molecule has 6 nitrogen and oxygen atoms in total. The van der Waals surface area contributed by atoms with Crippen LogP contribution < -0.4 is 10.6 Å². The minimum Gasteiger partial charge on any atom is -0.355 e. The van der Waals surface area contributed by atoms with Crippen LogP contribution in [0.2, 0.25) is 0 Å². The van der Waals surface area contributed by atoms with Gasteiger partial charge in [0.1, 0.15) is 0 Å². The fraction of sp³-hybridized carbons (Fsp3) is 0.750. The van der Waals surface area contributed by atoms with Crippen molar-refractivity contribution in [2.75, 3.05) is 20.1 Å². The summed E-state index contributed by atoms with van der Waals surface area (Å²) in [4.78, 5) is 35.6. The van der Waals surface area contributed by atoms with E-state index in [2.05, 4.69) is 10.6 Å². The highest BCUT2D eigenvalue weighted by atomic mass is 16.2. The quantitative estimate of drug-likeness (QED) is 0.632. The maximum atomic E-state index is 11.7. The van der Waals surface area contributed by atoms with Crippen LogP contribution in [-0.2, 0) is 14.4 Å². The Morgan fingerprint density at radius 3 is 2.72 bits per heavy atom. The monoisotopic (exact) mass is 253 g/mol. The number of likely N-dealkylation sites (tertiary alicyclic amines) is 1. The molecule has 0 radical (unpaired) electrons. The van der Waals surface area contributed by atoms with E-state index in [0.717, 1.165) is 11.4 Å². The van der Waals surface area contributed by atoms with Crippen LogP contribution in [-0.4, -0.2) is 48.8 Å². The lowest BCUT2D eigenvalue weighted by molar-refractivity contribution is -0.148. The van der Waals surface area contributed by atoms with Crippen LogP contribution in [0, 0.1) is 5.92 Å². The number of amides is 3. The number of carbonyl (C=O) groups excluding carboxylic acids is 3. The Hall–Kier alpha value is -1.43. The molecule has 2 rings (SSSR count). The van der Waals surface area contributed by atoms with Crippen molar-refractivity contribution < 1.29 is 14.4 Å². The first-order chi connectivity index (χ1) is 8.58. The number of nitrogens with zero attached hydrogens (tertiary/aromatic N) is 1. The third kappa shape index (κ3) is 3.29. The number of piperidine rings is 1. The highest BCUT2D eigenvalue weighted by molar-refractivity contribution is 6.00. The molecule has 2 N–H and O–H groups in total. The summed E-state index contributed by atoms with van der Waals surface area (Å²) in [6, 6.07) is -0.417. The molecule has 18 heavy (non-hydrogen) atoms. The Bertz CT molecular complexity index is 366. The summed E-state index contributed by atoms with van der Waals surface area (Å²) in [5.41, 5.74) is 0. The van der Waals surface area contributed by atoms with Crippen molar-refractivity contribution in [3.63, 3.8) is 0 Å². The van der Waals surface area contributed by atoms with Gasteiger partial charge in [0.25, 0.3) is 0 Å². The number of rotatable bonds is 5. The van der Waals surface area contributed by atoms with Crippen LogP contribution in [0.5, 0.6) is 0 Å². The zero-order chi connectivity index (χ0) is 13.1. The molecule has 0 aromatic rings. The Morgan fingerprint density at radius 2 is 2.06 bits per heavy atom. The molecule has 1 atom stereocenters. The smallest absolute Gasteiger partial charge is 0.246 e. The molecule has 2 fully saturated rings. The molecule has 1 aliphatic carbocycles. The van der Waals surface area contributed by atoms with Gasteiger partial charge in [-0.15, -0.1) is 0 Å². The number of hydrogen-bond donors (Lipinski definition) is 2. The van der Waals surface area contributed by atoms with Crippen LogP contribution in [0.15, 0.2) is 0 Å². The first-order valence-electron chi connectivity index (χ1n) is 6.38. The Morgan fingerprint density at radius 1 is 1.33 bits per heavy atom. The van der Waals surface area contributed by atoms with E-state index in [9.17, 15) is 14.4 Å². The molecule has 3 amide bonds. The number of nitrogens with one attached hydrogen (secondary N) is 2. The van der Waals surface area contributed by atoms with E-state index in [1.807, 2.05) is 0 Å². The average Bonchev–Trinajstić information content (AvgIpc) is 3.16. The number of carbonyl (C=O) groups is 3. The van der Waals surface area contributed by atoms with Gasteiger partial charge in [-0.05, 0) is 25.2 Å². The molecule has 100 valence electrons. The highest BCUT2D eigenvalue weighted by Gasteiger charge is 2.31. The van der Waals surface area contributed by atoms with Crippen molar-refractivity contribution in [2.45, 2.75) is 31.7 Å². The van der Waals surface area contributed by atoms with Gasteiger partial charge in [0.15, 0.2) is 0 Å². The fourth-order valence-electron chi connectivity index (χ4n) is 1.96. The molecule has 1 heterocycles. The van der Waals surface area contributed by atoms with Gasteiger partial charge in [-0.1, -0.05) is 0 Å². The summed E-state index contributed by atoms with van der Waals surface area (Å²) < 4.78 is 0. The lowest BCUT2D eigenvalue weighted by Crippen LogP contribution is -2.53. The lowest BCUT2D eigenvalue weighted by Gasteiger charge is -2.28. The molecular formula is C12H19N3O3. The Labute approximate surface area is 106 Å². The van der Waals surface area contributed by atoms with Crippen LogP contribution in [0.1, 0.15) is 25.7 Å². The molecule has 0 aromatic carbocycles. The fourth-order valence-corrected chi connectivity index (χ4v) is 1.96. The van der Waals surface area contributed by atoms with Crippen molar-refractivity contribution in [1.29, 1.82) is 0 Å². The van der Waals surface area contributed by atoms with E-state index >= 15 is 0 Å². The van der Waals surface area contributed by atoms with Gasteiger partial charge in [0.05, 0.1) is 12.6 Å². The maximum Gasteiger partial charge on any atom is 0.246 e. The molecule has 0 aromatic heterocycles. The summed E-state index contributed by atoms with van der Waals surface area (Å²) in [5.74, 6) is 0.153. The second-order valence-electron chi connectivity index (χ2n) is 5.01. The molecular weight excluding hydrogens is 234 g/mol. The Kier molecular flexibility index (Phi) is 3.96. The van der Waals surface area contributed by atoms with Gasteiger partial charge in [-0.2, -0.15) is 0 Å².